The number of nitrogens with zero attached hydrogens (tertiary/aromatic N) is 5. The number of hydrogen-bond acceptors (Lipinski definition) is 7. The number of rotatable bonds is 6. The van der Waals surface area contributed by atoms with Gasteiger partial charge in [-0.1, -0.05) is 0 Å². The van der Waals surface area contributed by atoms with Crippen LogP contribution in [0.3, 0.4) is 0 Å². The molecule has 0 radical (unpaired) electrons. The molecule has 0 unspecified atom stereocenters. The number of ether oxygens (including phenoxy) is 2. The summed E-state index contributed by atoms with van der Waals surface area (Å²) in [5.41, 5.74) is 4.13. The van der Waals surface area contributed by atoms with Crippen LogP contribution in [0.15, 0.2) is 35.3 Å². The maximum atomic E-state index is 5.51. The lowest BCUT2D eigenvalue weighted by Crippen LogP contribution is -2.18. The highest BCUT2D eigenvalue weighted by Gasteiger charge is 2.27. The van der Waals surface area contributed by atoms with E-state index in [-0.39, 0.29) is 6.04 Å². The molecule has 0 bridgehead atoms. The molecule has 160 valence electrons. The first kappa shape index (κ1) is 19.8. The van der Waals surface area contributed by atoms with Crippen LogP contribution in [0.2, 0.25) is 0 Å². The Hall–Kier alpha value is -3.14. The van der Waals surface area contributed by atoms with Gasteiger partial charge in [0.2, 0.25) is 0 Å². The van der Waals surface area contributed by atoms with Crippen molar-refractivity contribution in [2.45, 2.75) is 31.8 Å². The van der Waals surface area contributed by atoms with Crippen molar-refractivity contribution in [3.8, 4) is 11.5 Å². The molecular weight excluding hydrogens is 462 g/mol. The van der Waals surface area contributed by atoms with Crippen LogP contribution >= 0.6 is 15.9 Å². The number of nitrogens with one attached hydrogen (secondary N) is 2. The van der Waals surface area contributed by atoms with E-state index in [2.05, 4.69) is 41.4 Å². The zero-order chi connectivity index (χ0) is 21.4. The number of benzene rings is 1. The smallest absolute Gasteiger partial charge is 0.165 e. The van der Waals surface area contributed by atoms with Crippen molar-refractivity contribution in [2.75, 3.05) is 19.5 Å². The number of aromatic amines is 1. The molecule has 1 atom stereocenters. The van der Waals surface area contributed by atoms with Crippen LogP contribution in [0, 0.1) is 0 Å². The maximum Gasteiger partial charge on any atom is 0.165 e. The minimum Gasteiger partial charge on any atom is -0.497 e. The number of H-pyrrole nitrogens is 1. The van der Waals surface area contributed by atoms with Crippen LogP contribution in [0.4, 0.5) is 5.82 Å². The molecule has 4 aromatic rings. The van der Waals surface area contributed by atoms with E-state index in [1.54, 1.807) is 20.5 Å². The Balaban J connectivity index is 1.48. The molecule has 0 aliphatic heterocycles. The standard InChI is InChI=1S/C21H22BrN7O2/c1-30-13-7-6-12(17(8-13)31-2)9-23-20-18-19(22)28-29(21(18)25-11-24-20)16-5-3-4-15-14(16)10-26-27-15/h6-8,10-11,16H,3-5,9H2,1-2H3,(H,26,27)(H,23,24,25)/t16-/m1/s1. The van der Waals surface area contributed by atoms with Crippen LogP contribution in [0.1, 0.15) is 35.7 Å². The third kappa shape index (κ3) is 3.50. The molecule has 0 saturated carbocycles. The number of aryl methyl sites for hydroxylation is 1. The van der Waals surface area contributed by atoms with E-state index in [0.29, 0.717) is 17.0 Å². The van der Waals surface area contributed by atoms with E-state index in [4.69, 9.17) is 14.6 Å². The highest BCUT2D eigenvalue weighted by Crippen LogP contribution is 2.36. The molecule has 1 aromatic carbocycles. The number of halogens is 1. The van der Waals surface area contributed by atoms with Gasteiger partial charge in [0.05, 0.1) is 31.8 Å². The summed E-state index contributed by atoms with van der Waals surface area (Å²) in [5.74, 6) is 2.21. The molecular formula is C21H22BrN7O2. The Kier molecular flexibility index (Phi) is 5.23. The van der Waals surface area contributed by atoms with Gasteiger partial charge in [-0.2, -0.15) is 10.2 Å². The Morgan fingerprint density at radius 3 is 3.00 bits per heavy atom. The molecule has 3 heterocycles. The average molecular weight is 484 g/mol. The number of methoxy groups -OCH3 is 2. The predicted octanol–water partition coefficient (Wildman–Crippen LogP) is 3.87. The Bertz CT molecular complexity index is 1240. The third-order valence-corrected chi connectivity index (χ3v) is 6.25. The van der Waals surface area contributed by atoms with E-state index in [1.165, 1.54) is 11.3 Å². The van der Waals surface area contributed by atoms with Crippen molar-refractivity contribution >= 4 is 32.8 Å². The average Bonchev–Trinajstić information content (AvgIpc) is 3.42. The minimum atomic E-state index is 0.0979. The number of aromatic nitrogens is 6. The zero-order valence-corrected chi connectivity index (χ0v) is 18.8. The highest BCUT2D eigenvalue weighted by molar-refractivity contribution is 9.10. The molecule has 0 saturated heterocycles. The van der Waals surface area contributed by atoms with Crippen LogP contribution in [-0.4, -0.2) is 44.2 Å². The van der Waals surface area contributed by atoms with Gasteiger partial charge in [0, 0.05) is 29.4 Å². The predicted molar refractivity (Wildman–Crippen MR) is 120 cm³/mol. The molecule has 5 rings (SSSR count). The normalized spacial score (nSPS) is 15.6. The van der Waals surface area contributed by atoms with Crippen LogP contribution < -0.4 is 14.8 Å². The zero-order valence-electron chi connectivity index (χ0n) is 17.2. The van der Waals surface area contributed by atoms with E-state index in [9.17, 15) is 0 Å². The second kappa shape index (κ2) is 8.18. The number of hydrogen-bond donors (Lipinski definition) is 2. The SMILES string of the molecule is COc1ccc(CNc2ncnc3c2c(Br)nn3[C@@H]2CCCc3[nH]ncc32)c(OC)c1. The third-order valence-electron chi connectivity index (χ3n) is 5.70. The molecule has 1 aliphatic carbocycles. The fraction of sp³-hybridized carbons (Fsp3) is 0.333. The summed E-state index contributed by atoms with van der Waals surface area (Å²) >= 11 is 3.62. The molecule has 2 N–H and O–H groups in total. The molecule has 10 heteroatoms. The Labute approximate surface area is 187 Å². The first-order valence-electron chi connectivity index (χ1n) is 10.0. The van der Waals surface area contributed by atoms with Crippen molar-refractivity contribution in [3.63, 3.8) is 0 Å². The lowest BCUT2D eigenvalue weighted by atomic mass is 9.93. The summed E-state index contributed by atoms with van der Waals surface area (Å²) in [6.07, 6.45) is 6.55. The van der Waals surface area contributed by atoms with Gasteiger partial charge in [0.1, 0.15) is 28.2 Å². The maximum absolute atomic E-state index is 5.51. The van der Waals surface area contributed by atoms with Gasteiger partial charge in [-0.05, 0) is 47.3 Å². The summed E-state index contributed by atoms with van der Waals surface area (Å²) in [4.78, 5) is 9.03. The van der Waals surface area contributed by atoms with Gasteiger partial charge in [0.15, 0.2) is 5.65 Å². The van der Waals surface area contributed by atoms with E-state index >= 15 is 0 Å². The fourth-order valence-electron chi connectivity index (χ4n) is 4.15. The first-order chi connectivity index (χ1) is 15.2. The van der Waals surface area contributed by atoms with Gasteiger partial charge in [0.25, 0.3) is 0 Å². The Morgan fingerprint density at radius 1 is 1.26 bits per heavy atom. The molecule has 0 amide bonds. The topological polar surface area (TPSA) is 103 Å². The van der Waals surface area contributed by atoms with E-state index in [1.807, 2.05) is 29.1 Å². The minimum absolute atomic E-state index is 0.0979. The van der Waals surface area contributed by atoms with Gasteiger partial charge in [-0.15, -0.1) is 0 Å². The van der Waals surface area contributed by atoms with Crippen LogP contribution in [0.25, 0.3) is 11.0 Å². The summed E-state index contributed by atoms with van der Waals surface area (Å²) < 4.78 is 13.5. The fourth-order valence-corrected chi connectivity index (χ4v) is 4.69. The molecule has 9 nitrogen and oxygen atoms in total. The summed E-state index contributed by atoms with van der Waals surface area (Å²) in [7, 11) is 3.29. The van der Waals surface area contributed by atoms with E-state index < -0.39 is 0 Å². The molecule has 31 heavy (non-hydrogen) atoms. The van der Waals surface area contributed by atoms with Crippen molar-refractivity contribution in [1.82, 2.24) is 29.9 Å². The quantitative estimate of drug-likeness (QED) is 0.428. The second-order valence-electron chi connectivity index (χ2n) is 7.40. The number of fused-ring (bicyclic) bond motifs is 2. The van der Waals surface area contributed by atoms with Crippen molar-refractivity contribution < 1.29 is 9.47 Å². The lowest BCUT2D eigenvalue weighted by molar-refractivity contribution is 0.391. The number of anilines is 1. The lowest BCUT2D eigenvalue weighted by Gasteiger charge is -2.22. The van der Waals surface area contributed by atoms with Gasteiger partial charge in [-0.3, -0.25) is 5.10 Å². The Morgan fingerprint density at radius 2 is 2.16 bits per heavy atom. The van der Waals surface area contributed by atoms with Crippen molar-refractivity contribution in [2.24, 2.45) is 0 Å². The summed E-state index contributed by atoms with van der Waals surface area (Å²) in [6, 6.07) is 5.85. The van der Waals surface area contributed by atoms with E-state index in [0.717, 1.165) is 47.4 Å². The first-order valence-corrected chi connectivity index (χ1v) is 10.8. The second-order valence-corrected chi connectivity index (χ2v) is 8.15. The molecule has 0 spiro atoms. The van der Waals surface area contributed by atoms with Gasteiger partial charge >= 0.3 is 0 Å². The van der Waals surface area contributed by atoms with Gasteiger partial charge < -0.3 is 14.8 Å². The monoisotopic (exact) mass is 483 g/mol. The molecule has 3 aromatic heterocycles. The highest BCUT2D eigenvalue weighted by atomic mass is 79.9. The largest absolute Gasteiger partial charge is 0.497 e. The van der Waals surface area contributed by atoms with Gasteiger partial charge in [-0.25, -0.2) is 14.6 Å². The summed E-state index contributed by atoms with van der Waals surface area (Å²) in [5, 5.41) is 16.4. The van der Waals surface area contributed by atoms with Crippen molar-refractivity contribution in [1.29, 1.82) is 0 Å². The summed E-state index contributed by atoms with van der Waals surface area (Å²) in [6.45, 7) is 0.534. The van der Waals surface area contributed by atoms with Crippen molar-refractivity contribution in [3.05, 3.63) is 52.1 Å². The molecule has 1 aliphatic rings. The van der Waals surface area contributed by atoms with Crippen LogP contribution in [0.5, 0.6) is 11.5 Å². The van der Waals surface area contributed by atoms with Crippen LogP contribution in [-0.2, 0) is 13.0 Å². The molecule has 0 fully saturated rings.